The van der Waals surface area contributed by atoms with Crippen LogP contribution < -0.4 is 10.2 Å². The molecular weight excluding hydrogens is 417 g/mol. The van der Waals surface area contributed by atoms with Crippen LogP contribution in [0.25, 0.3) is 11.0 Å². The maximum absolute atomic E-state index is 12.8. The molecule has 4 rings (SSSR count). The van der Waals surface area contributed by atoms with Crippen LogP contribution >= 0.6 is 12.3 Å². The van der Waals surface area contributed by atoms with Crippen LogP contribution in [0.2, 0.25) is 0 Å². The lowest BCUT2D eigenvalue weighted by Gasteiger charge is -2.37. The normalized spacial score (nSPS) is 14.8. The minimum atomic E-state index is 0.000328. The molecule has 1 aliphatic rings. The molecule has 3 aromatic rings. The molecule has 3 aromatic heterocycles. The van der Waals surface area contributed by atoms with Gasteiger partial charge in [0.25, 0.3) is 0 Å². The Kier molecular flexibility index (Phi) is 5.99. The number of carbonyl (C=O) groups is 1. The van der Waals surface area contributed by atoms with E-state index in [1.165, 1.54) is 10.3 Å². The minimum Gasteiger partial charge on any atom is -0.368 e. The largest absolute Gasteiger partial charge is 0.368 e. The highest BCUT2D eigenvalue weighted by Crippen LogP contribution is 2.25. The van der Waals surface area contributed by atoms with Gasteiger partial charge in [-0.3, -0.25) is 4.79 Å². The number of aromatic nitrogens is 4. The number of nitrogens with zero attached hydrogens (tertiary/aromatic N) is 6. The van der Waals surface area contributed by atoms with Crippen molar-refractivity contribution in [1.82, 2.24) is 24.1 Å². The Bertz CT molecular complexity index is 1070. The molecule has 0 saturated carbocycles. The van der Waals surface area contributed by atoms with Gasteiger partial charge in [0.15, 0.2) is 12.3 Å². The first-order chi connectivity index (χ1) is 14.8. The van der Waals surface area contributed by atoms with Crippen LogP contribution in [0.3, 0.4) is 0 Å². The molecule has 10 heteroatoms. The van der Waals surface area contributed by atoms with Crippen molar-refractivity contribution >= 4 is 46.6 Å². The molecule has 1 fully saturated rings. The van der Waals surface area contributed by atoms with Gasteiger partial charge < -0.3 is 15.1 Å². The van der Waals surface area contributed by atoms with Gasteiger partial charge in [0.2, 0.25) is 5.91 Å². The molecule has 0 radical (unpaired) electrons. The molecule has 164 valence electrons. The molecular formula is C21H26FN7OS. The summed E-state index contributed by atoms with van der Waals surface area (Å²) in [4.78, 5) is 25.5. The number of anilines is 3. The predicted octanol–water partition coefficient (Wildman–Crippen LogP) is 4.04. The number of hydrogen-bond acceptors (Lipinski definition) is 7. The minimum absolute atomic E-state index is 0.000328. The van der Waals surface area contributed by atoms with Gasteiger partial charge in [-0.25, -0.2) is 9.97 Å². The summed E-state index contributed by atoms with van der Waals surface area (Å²) < 4.78 is 14.0. The smallest absolute Gasteiger partial charge is 0.223 e. The molecule has 4 heterocycles. The number of carbonyl (C=O) groups excluding carboxylic acids is 1. The third-order valence-electron chi connectivity index (χ3n) is 5.14. The van der Waals surface area contributed by atoms with Crippen LogP contribution in [0.1, 0.15) is 27.2 Å². The van der Waals surface area contributed by atoms with E-state index in [4.69, 9.17) is 0 Å². The Morgan fingerprint density at radius 1 is 1.16 bits per heavy atom. The number of pyridine rings is 2. The molecule has 0 bridgehead atoms. The van der Waals surface area contributed by atoms with Gasteiger partial charge in [0, 0.05) is 50.6 Å². The van der Waals surface area contributed by atoms with Gasteiger partial charge >= 0.3 is 0 Å². The molecule has 0 aliphatic carbocycles. The summed E-state index contributed by atoms with van der Waals surface area (Å²) in [7, 11) is 0. The van der Waals surface area contributed by atoms with Crippen molar-refractivity contribution in [2.24, 2.45) is 5.41 Å². The first-order valence-electron chi connectivity index (χ1n) is 10.2. The van der Waals surface area contributed by atoms with Gasteiger partial charge in [0.1, 0.15) is 22.7 Å². The number of fused-ring (bicyclic) bond motifs is 1. The van der Waals surface area contributed by atoms with Crippen LogP contribution in [-0.4, -0.2) is 56.1 Å². The van der Waals surface area contributed by atoms with Crippen molar-refractivity contribution in [3.63, 3.8) is 0 Å². The summed E-state index contributed by atoms with van der Waals surface area (Å²) in [5.74, 6) is 1.50. The van der Waals surface area contributed by atoms with E-state index in [0.29, 0.717) is 29.1 Å². The van der Waals surface area contributed by atoms with Gasteiger partial charge in [0.05, 0.1) is 6.20 Å². The second kappa shape index (κ2) is 8.70. The zero-order valence-electron chi connectivity index (χ0n) is 17.9. The van der Waals surface area contributed by atoms with Crippen LogP contribution in [0, 0.1) is 5.41 Å². The van der Waals surface area contributed by atoms with Crippen molar-refractivity contribution in [3.05, 3.63) is 36.7 Å². The van der Waals surface area contributed by atoms with E-state index in [9.17, 15) is 8.68 Å². The van der Waals surface area contributed by atoms with Crippen molar-refractivity contribution in [2.75, 3.05) is 36.4 Å². The summed E-state index contributed by atoms with van der Waals surface area (Å²) in [5.41, 5.74) is 2.25. The van der Waals surface area contributed by atoms with Crippen LogP contribution in [0.5, 0.6) is 0 Å². The molecule has 1 N–H and O–H groups in total. The lowest BCUT2D eigenvalue weighted by Crippen LogP contribution is -2.49. The quantitative estimate of drug-likeness (QED) is 0.638. The van der Waals surface area contributed by atoms with E-state index in [0.717, 1.165) is 31.9 Å². The first-order valence-corrected chi connectivity index (χ1v) is 10.9. The second-order valence-corrected chi connectivity index (χ2v) is 9.30. The monoisotopic (exact) mass is 443 g/mol. The van der Waals surface area contributed by atoms with Gasteiger partial charge in [-0.05, 0) is 23.6 Å². The number of nitrogens with one attached hydrogen (secondary N) is 1. The highest BCUT2D eigenvalue weighted by molar-refractivity contribution is 7.92. The molecule has 31 heavy (non-hydrogen) atoms. The molecule has 0 unspecified atom stereocenters. The van der Waals surface area contributed by atoms with E-state index >= 15 is 0 Å². The Labute approximate surface area is 185 Å². The fraction of sp³-hybridized carbons (Fsp3) is 0.429. The second-order valence-electron chi connectivity index (χ2n) is 8.82. The molecule has 8 nitrogen and oxygen atoms in total. The summed E-state index contributed by atoms with van der Waals surface area (Å²) in [6.45, 7) is 9.26. The highest BCUT2D eigenvalue weighted by Gasteiger charge is 2.25. The van der Waals surface area contributed by atoms with Crippen LogP contribution in [-0.2, 0) is 4.79 Å². The zero-order valence-corrected chi connectivity index (χ0v) is 18.7. The van der Waals surface area contributed by atoms with E-state index in [-0.39, 0.29) is 23.7 Å². The van der Waals surface area contributed by atoms with Crippen molar-refractivity contribution in [3.8, 4) is 0 Å². The van der Waals surface area contributed by atoms with E-state index in [1.807, 2.05) is 17.0 Å². The number of piperazine rings is 1. The molecule has 0 aromatic carbocycles. The standard InChI is InChI=1S/C21H26FN7OS/c1-21(2,3)13-20(30)28-10-8-27(9-11-28)15-6-7-23-19(12-15)26-18-5-4-17-16(25-18)14-24-29(17)31-22/h4-7,12,14H,8-11,13H2,1-3H3,(H,23,25,26). The van der Waals surface area contributed by atoms with Crippen LogP contribution in [0.4, 0.5) is 21.2 Å². The summed E-state index contributed by atoms with van der Waals surface area (Å²) in [6, 6.07) is 7.48. The Morgan fingerprint density at radius 2 is 1.94 bits per heavy atom. The molecule has 1 amide bonds. The van der Waals surface area contributed by atoms with Crippen molar-refractivity contribution in [1.29, 1.82) is 0 Å². The van der Waals surface area contributed by atoms with Crippen molar-refractivity contribution in [2.45, 2.75) is 27.2 Å². The SMILES string of the molecule is CC(C)(C)CC(=O)N1CCN(c2ccnc(Nc3ccc4c(cnn4SF)n3)c2)CC1. The van der Waals surface area contributed by atoms with Gasteiger partial charge in [-0.1, -0.05) is 20.8 Å². The van der Waals surface area contributed by atoms with E-state index < -0.39 is 0 Å². The summed E-state index contributed by atoms with van der Waals surface area (Å²) in [5, 5.41) is 7.14. The Hall–Kier alpha value is -2.88. The molecule has 1 saturated heterocycles. The van der Waals surface area contributed by atoms with Gasteiger partial charge in [-0.2, -0.15) is 9.19 Å². The highest BCUT2D eigenvalue weighted by atomic mass is 32.2. The lowest BCUT2D eigenvalue weighted by atomic mass is 9.91. The Morgan fingerprint density at radius 3 is 2.65 bits per heavy atom. The Balaban J connectivity index is 1.40. The number of rotatable bonds is 5. The lowest BCUT2D eigenvalue weighted by molar-refractivity contribution is -0.133. The fourth-order valence-corrected chi connectivity index (χ4v) is 3.92. The fourth-order valence-electron chi connectivity index (χ4n) is 3.61. The van der Waals surface area contributed by atoms with Crippen molar-refractivity contribution < 1.29 is 8.68 Å². The zero-order chi connectivity index (χ0) is 22.0. The van der Waals surface area contributed by atoms with Gasteiger partial charge in [-0.15, -0.1) is 3.89 Å². The average Bonchev–Trinajstić information content (AvgIpc) is 3.15. The third-order valence-corrected chi connectivity index (χ3v) is 5.56. The number of hydrogen-bond donors (Lipinski definition) is 1. The maximum Gasteiger partial charge on any atom is 0.223 e. The predicted molar refractivity (Wildman–Crippen MR) is 122 cm³/mol. The molecule has 0 atom stereocenters. The number of halogens is 1. The molecule has 0 spiro atoms. The van der Waals surface area contributed by atoms with Crippen LogP contribution in [0.15, 0.2) is 36.7 Å². The third kappa shape index (κ3) is 5.07. The summed E-state index contributed by atoms with van der Waals surface area (Å²) >= 11 is 0.0396. The first kappa shape index (κ1) is 21.4. The number of amides is 1. The molecule has 1 aliphatic heterocycles. The van der Waals surface area contributed by atoms with E-state index in [2.05, 4.69) is 46.1 Å². The summed E-state index contributed by atoms with van der Waals surface area (Å²) in [6.07, 6.45) is 3.85. The topological polar surface area (TPSA) is 79.2 Å². The maximum atomic E-state index is 12.8. The average molecular weight is 444 g/mol. The van der Waals surface area contributed by atoms with E-state index in [1.54, 1.807) is 18.3 Å².